The standard InChI is InChI=1S/C12H14N2O2S2/c1-3-18(15,16)14-11-7-5-4-6-10(11)12-8-17-9(2)13-12/h4-8,14H,3H2,1-2H3. The second-order valence-electron chi connectivity index (χ2n) is 3.80. The minimum absolute atomic E-state index is 0.0530. The zero-order chi connectivity index (χ0) is 13.2. The Labute approximate surface area is 111 Å². The zero-order valence-electron chi connectivity index (χ0n) is 10.2. The Morgan fingerprint density at radius 3 is 2.67 bits per heavy atom. The molecule has 0 aliphatic heterocycles. The van der Waals surface area contributed by atoms with E-state index in [0.717, 1.165) is 16.3 Å². The largest absolute Gasteiger partial charge is 0.283 e. The van der Waals surface area contributed by atoms with Crippen molar-refractivity contribution in [2.75, 3.05) is 10.5 Å². The molecule has 1 aromatic heterocycles. The fourth-order valence-corrected chi connectivity index (χ4v) is 2.79. The molecule has 0 saturated carbocycles. The molecule has 2 rings (SSSR count). The zero-order valence-corrected chi connectivity index (χ0v) is 11.8. The number of rotatable bonds is 4. The number of nitrogens with one attached hydrogen (secondary N) is 1. The van der Waals surface area contributed by atoms with Crippen LogP contribution < -0.4 is 4.72 Å². The maximum absolute atomic E-state index is 11.6. The first kappa shape index (κ1) is 13.0. The van der Waals surface area contributed by atoms with Gasteiger partial charge in [-0.3, -0.25) is 4.72 Å². The number of sulfonamides is 1. The maximum Gasteiger partial charge on any atom is 0.232 e. The molecular weight excluding hydrogens is 268 g/mol. The van der Waals surface area contributed by atoms with Crippen molar-refractivity contribution < 1.29 is 8.42 Å². The number of hydrogen-bond donors (Lipinski definition) is 1. The minimum Gasteiger partial charge on any atom is -0.283 e. The first-order valence-electron chi connectivity index (χ1n) is 5.54. The van der Waals surface area contributed by atoms with Gasteiger partial charge in [-0.25, -0.2) is 13.4 Å². The fraction of sp³-hybridized carbons (Fsp3) is 0.250. The van der Waals surface area contributed by atoms with Gasteiger partial charge in [0.05, 0.1) is 22.1 Å². The van der Waals surface area contributed by atoms with Gasteiger partial charge in [-0.2, -0.15) is 0 Å². The van der Waals surface area contributed by atoms with Crippen molar-refractivity contribution in [3.8, 4) is 11.3 Å². The van der Waals surface area contributed by atoms with Crippen LogP contribution in [-0.2, 0) is 10.0 Å². The summed E-state index contributed by atoms with van der Waals surface area (Å²) in [5.41, 5.74) is 2.18. The second-order valence-corrected chi connectivity index (χ2v) is 6.88. The van der Waals surface area contributed by atoms with Crippen LogP contribution in [0.1, 0.15) is 11.9 Å². The van der Waals surface area contributed by atoms with Gasteiger partial charge in [-0.1, -0.05) is 18.2 Å². The summed E-state index contributed by atoms with van der Waals surface area (Å²) in [7, 11) is -3.27. The van der Waals surface area contributed by atoms with Crippen molar-refractivity contribution in [2.24, 2.45) is 0 Å². The van der Waals surface area contributed by atoms with Gasteiger partial charge in [0, 0.05) is 10.9 Å². The number of aromatic nitrogens is 1. The Hall–Kier alpha value is -1.40. The lowest BCUT2D eigenvalue weighted by molar-refractivity contribution is 0.602. The molecule has 1 N–H and O–H groups in total. The summed E-state index contributed by atoms with van der Waals surface area (Å²) in [6.07, 6.45) is 0. The van der Waals surface area contributed by atoms with Crippen molar-refractivity contribution in [3.05, 3.63) is 34.7 Å². The van der Waals surface area contributed by atoms with E-state index in [2.05, 4.69) is 9.71 Å². The topological polar surface area (TPSA) is 59.1 Å². The third-order valence-electron chi connectivity index (χ3n) is 2.47. The molecule has 0 bridgehead atoms. The smallest absolute Gasteiger partial charge is 0.232 e. The average Bonchev–Trinajstić information content (AvgIpc) is 2.76. The monoisotopic (exact) mass is 282 g/mol. The van der Waals surface area contributed by atoms with Crippen LogP contribution in [0.25, 0.3) is 11.3 Å². The second kappa shape index (κ2) is 5.07. The van der Waals surface area contributed by atoms with E-state index in [1.165, 1.54) is 0 Å². The summed E-state index contributed by atoms with van der Waals surface area (Å²) < 4.78 is 25.8. The van der Waals surface area contributed by atoms with Crippen molar-refractivity contribution in [1.29, 1.82) is 0 Å². The molecule has 0 amide bonds. The molecule has 1 heterocycles. The minimum atomic E-state index is -3.27. The number of hydrogen-bond acceptors (Lipinski definition) is 4. The summed E-state index contributed by atoms with van der Waals surface area (Å²) in [5.74, 6) is 0.0530. The Morgan fingerprint density at radius 2 is 2.06 bits per heavy atom. The summed E-state index contributed by atoms with van der Waals surface area (Å²) in [6.45, 7) is 3.53. The Balaban J connectivity index is 2.44. The quantitative estimate of drug-likeness (QED) is 0.938. The van der Waals surface area contributed by atoms with E-state index in [4.69, 9.17) is 0 Å². The molecule has 96 valence electrons. The van der Waals surface area contributed by atoms with E-state index in [0.29, 0.717) is 5.69 Å². The van der Waals surface area contributed by atoms with Crippen molar-refractivity contribution in [2.45, 2.75) is 13.8 Å². The van der Waals surface area contributed by atoms with E-state index >= 15 is 0 Å². The maximum atomic E-state index is 11.6. The molecule has 0 aliphatic rings. The van der Waals surface area contributed by atoms with E-state index in [1.807, 2.05) is 24.4 Å². The number of para-hydroxylation sites is 1. The number of nitrogens with zero attached hydrogens (tertiary/aromatic N) is 1. The molecule has 2 aromatic rings. The average molecular weight is 282 g/mol. The number of anilines is 1. The first-order chi connectivity index (χ1) is 8.52. The van der Waals surface area contributed by atoms with Gasteiger partial charge in [-0.05, 0) is 19.9 Å². The lowest BCUT2D eigenvalue weighted by Crippen LogP contribution is -2.15. The van der Waals surface area contributed by atoms with Crippen LogP contribution in [0.2, 0.25) is 0 Å². The van der Waals surface area contributed by atoms with Crippen LogP contribution in [0, 0.1) is 6.92 Å². The number of aryl methyl sites for hydroxylation is 1. The Kier molecular flexibility index (Phi) is 3.68. The van der Waals surface area contributed by atoms with E-state index in [-0.39, 0.29) is 5.75 Å². The molecule has 4 nitrogen and oxygen atoms in total. The van der Waals surface area contributed by atoms with Gasteiger partial charge < -0.3 is 0 Å². The summed E-state index contributed by atoms with van der Waals surface area (Å²) in [5, 5.41) is 2.88. The van der Waals surface area contributed by atoms with Gasteiger partial charge >= 0.3 is 0 Å². The molecule has 0 atom stereocenters. The molecule has 0 saturated heterocycles. The molecule has 0 aliphatic carbocycles. The van der Waals surface area contributed by atoms with Crippen molar-refractivity contribution in [1.82, 2.24) is 4.98 Å². The van der Waals surface area contributed by atoms with Gasteiger partial charge in [0.2, 0.25) is 10.0 Å². The van der Waals surface area contributed by atoms with Crippen LogP contribution >= 0.6 is 11.3 Å². The molecule has 0 spiro atoms. The molecule has 0 unspecified atom stereocenters. The van der Waals surface area contributed by atoms with Crippen LogP contribution in [-0.4, -0.2) is 19.2 Å². The molecule has 0 radical (unpaired) electrons. The molecule has 18 heavy (non-hydrogen) atoms. The molecule has 1 aromatic carbocycles. The predicted molar refractivity (Wildman–Crippen MR) is 75.4 cm³/mol. The lowest BCUT2D eigenvalue weighted by atomic mass is 10.1. The molecule has 6 heteroatoms. The molecular formula is C12H14N2O2S2. The summed E-state index contributed by atoms with van der Waals surface area (Å²) >= 11 is 1.54. The Morgan fingerprint density at radius 1 is 1.33 bits per heavy atom. The number of thiazole rings is 1. The third-order valence-corrected chi connectivity index (χ3v) is 4.53. The van der Waals surface area contributed by atoms with Crippen LogP contribution in [0.4, 0.5) is 5.69 Å². The van der Waals surface area contributed by atoms with Gasteiger partial charge in [-0.15, -0.1) is 11.3 Å². The highest BCUT2D eigenvalue weighted by molar-refractivity contribution is 7.92. The lowest BCUT2D eigenvalue weighted by Gasteiger charge is -2.09. The normalized spacial score (nSPS) is 11.4. The van der Waals surface area contributed by atoms with E-state index in [1.54, 1.807) is 30.4 Å². The summed E-state index contributed by atoms with van der Waals surface area (Å²) in [6, 6.07) is 7.28. The highest BCUT2D eigenvalue weighted by Gasteiger charge is 2.12. The Bertz CT molecular complexity index is 648. The van der Waals surface area contributed by atoms with Crippen molar-refractivity contribution in [3.63, 3.8) is 0 Å². The van der Waals surface area contributed by atoms with Gasteiger partial charge in [0.15, 0.2) is 0 Å². The SMILES string of the molecule is CCS(=O)(=O)Nc1ccccc1-c1csc(C)n1. The van der Waals surface area contributed by atoms with E-state index < -0.39 is 10.0 Å². The summed E-state index contributed by atoms with van der Waals surface area (Å²) in [4.78, 5) is 4.38. The van der Waals surface area contributed by atoms with Crippen LogP contribution in [0.3, 0.4) is 0 Å². The fourth-order valence-electron chi connectivity index (χ4n) is 1.52. The van der Waals surface area contributed by atoms with E-state index in [9.17, 15) is 8.42 Å². The van der Waals surface area contributed by atoms with Gasteiger partial charge in [0.25, 0.3) is 0 Å². The highest BCUT2D eigenvalue weighted by atomic mass is 32.2. The van der Waals surface area contributed by atoms with Gasteiger partial charge in [0.1, 0.15) is 0 Å². The van der Waals surface area contributed by atoms with Crippen LogP contribution in [0.5, 0.6) is 0 Å². The molecule has 0 fully saturated rings. The third kappa shape index (κ3) is 2.88. The predicted octanol–water partition coefficient (Wildman–Crippen LogP) is 2.88. The van der Waals surface area contributed by atoms with Crippen molar-refractivity contribution >= 4 is 27.0 Å². The highest BCUT2D eigenvalue weighted by Crippen LogP contribution is 2.29. The first-order valence-corrected chi connectivity index (χ1v) is 8.07. The van der Waals surface area contributed by atoms with Crippen LogP contribution in [0.15, 0.2) is 29.6 Å². The number of benzene rings is 1.